The molecule has 146 valence electrons. The molecular weight excluding hydrogens is 358 g/mol. The Morgan fingerprint density at radius 2 is 2.07 bits per heavy atom. The molecule has 1 atom stereocenters. The molecule has 4 rings (SSSR count). The number of pyridine rings is 1. The molecule has 2 amide bonds. The molecule has 1 fully saturated rings. The average molecular weight is 381 g/mol. The fourth-order valence-electron chi connectivity index (χ4n) is 3.17. The largest absolute Gasteiger partial charge is 0.473 e. The van der Waals surface area contributed by atoms with Crippen LogP contribution in [0.15, 0.2) is 42.6 Å². The zero-order valence-corrected chi connectivity index (χ0v) is 15.6. The van der Waals surface area contributed by atoms with Crippen LogP contribution in [0.5, 0.6) is 5.88 Å². The summed E-state index contributed by atoms with van der Waals surface area (Å²) < 4.78 is 11.3. The first-order valence-electron chi connectivity index (χ1n) is 9.40. The van der Waals surface area contributed by atoms with Crippen molar-refractivity contribution >= 4 is 22.8 Å². The number of urea groups is 1. The summed E-state index contributed by atoms with van der Waals surface area (Å²) in [5.41, 5.74) is 1.79. The van der Waals surface area contributed by atoms with Crippen LogP contribution >= 0.6 is 0 Å². The van der Waals surface area contributed by atoms with E-state index in [-0.39, 0.29) is 18.2 Å². The van der Waals surface area contributed by atoms with Gasteiger partial charge in [-0.25, -0.2) is 9.78 Å². The third-order valence-corrected chi connectivity index (χ3v) is 4.75. The van der Waals surface area contributed by atoms with Crippen LogP contribution in [0.1, 0.15) is 31.4 Å². The molecule has 0 radical (unpaired) electrons. The van der Waals surface area contributed by atoms with Crippen molar-refractivity contribution in [3.05, 3.63) is 48.2 Å². The van der Waals surface area contributed by atoms with Crippen molar-refractivity contribution in [2.75, 3.05) is 18.5 Å². The van der Waals surface area contributed by atoms with E-state index in [1.165, 1.54) is 0 Å². The molecule has 2 aromatic heterocycles. The summed E-state index contributed by atoms with van der Waals surface area (Å²) in [6.07, 6.45) is 3.45. The van der Waals surface area contributed by atoms with Crippen molar-refractivity contribution in [1.29, 1.82) is 0 Å². The number of fused-ring (bicyclic) bond motifs is 1. The second-order valence-corrected chi connectivity index (χ2v) is 6.80. The minimum Gasteiger partial charge on any atom is -0.473 e. The first kappa shape index (κ1) is 18.2. The number of ether oxygens (including phenoxy) is 2. The highest BCUT2D eigenvalue weighted by molar-refractivity contribution is 5.92. The number of carbonyl (C=O) groups is 1. The van der Waals surface area contributed by atoms with E-state index in [9.17, 15) is 4.79 Å². The summed E-state index contributed by atoms with van der Waals surface area (Å²) in [7, 11) is 0. The topological polar surface area (TPSA) is 101 Å². The fourth-order valence-corrected chi connectivity index (χ4v) is 3.17. The van der Waals surface area contributed by atoms with Crippen molar-refractivity contribution in [2.24, 2.45) is 0 Å². The highest BCUT2D eigenvalue weighted by atomic mass is 16.5. The Morgan fingerprint density at radius 1 is 1.29 bits per heavy atom. The average Bonchev–Trinajstić information content (AvgIpc) is 3.11. The number of H-pyrrole nitrogens is 1. The highest BCUT2D eigenvalue weighted by Crippen LogP contribution is 2.26. The van der Waals surface area contributed by atoms with Gasteiger partial charge >= 0.3 is 6.03 Å². The Hall–Kier alpha value is -3.13. The summed E-state index contributed by atoms with van der Waals surface area (Å²) in [6, 6.07) is 11.1. The highest BCUT2D eigenvalue weighted by Gasteiger charge is 2.18. The molecule has 1 aliphatic heterocycles. The predicted molar refractivity (Wildman–Crippen MR) is 105 cm³/mol. The van der Waals surface area contributed by atoms with Gasteiger partial charge in [0.2, 0.25) is 5.88 Å². The lowest BCUT2D eigenvalue weighted by molar-refractivity contribution is 0.0243. The van der Waals surface area contributed by atoms with Gasteiger partial charge in [-0.2, -0.15) is 0 Å². The number of carbonyl (C=O) groups excluding carboxylic acids is 1. The number of amides is 2. The van der Waals surface area contributed by atoms with E-state index in [0.717, 1.165) is 29.3 Å². The number of rotatable bonds is 5. The van der Waals surface area contributed by atoms with E-state index in [0.29, 0.717) is 24.9 Å². The van der Waals surface area contributed by atoms with Gasteiger partial charge in [0, 0.05) is 25.1 Å². The summed E-state index contributed by atoms with van der Waals surface area (Å²) in [5, 5.41) is 13.6. The normalized spacial score (nSPS) is 15.9. The maximum Gasteiger partial charge on any atom is 0.320 e. The number of anilines is 1. The number of nitrogens with one attached hydrogen (secondary N) is 3. The van der Waals surface area contributed by atoms with Crippen LogP contribution in [0.25, 0.3) is 10.9 Å². The van der Waals surface area contributed by atoms with Gasteiger partial charge in [0.25, 0.3) is 0 Å². The van der Waals surface area contributed by atoms with E-state index in [1.54, 1.807) is 12.3 Å². The number of aromatic amines is 1. The van der Waals surface area contributed by atoms with Crippen LogP contribution in [0, 0.1) is 0 Å². The van der Waals surface area contributed by atoms with E-state index in [2.05, 4.69) is 25.8 Å². The minimum atomic E-state index is -0.318. The number of nitrogens with zero attached hydrogens (tertiary/aromatic N) is 2. The monoisotopic (exact) mass is 381 g/mol. The van der Waals surface area contributed by atoms with E-state index in [1.807, 2.05) is 37.3 Å². The van der Waals surface area contributed by atoms with Gasteiger partial charge in [0.15, 0.2) is 0 Å². The molecule has 1 aliphatic rings. The quantitative estimate of drug-likeness (QED) is 0.629. The Bertz CT molecular complexity index is 937. The Kier molecular flexibility index (Phi) is 5.38. The van der Waals surface area contributed by atoms with Crippen molar-refractivity contribution in [2.45, 2.75) is 31.9 Å². The molecule has 8 heteroatoms. The summed E-state index contributed by atoms with van der Waals surface area (Å²) >= 11 is 0. The third-order valence-electron chi connectivity index (χ3n) is 4.75. The Morgan fingerprint density at radius 3 is 2.86 bits per heavy atom. The first-order chi connectivity index (χ1) is 13.7. The van der Waals surface area contributed by atoms with Crippen LogP contribution in [0.2, 0.25) is 0 Å². The molecule has 8 nitrogen and oxygen atoms in total. The maximum atomic E-state index is 12.3. The van der Waals surface area contributed by atoms with Gasteiger partial charge in [0.1, 0.15) is 11.9 Å². The van der Waals surface area contributed by atoms with E-state index in [4.69, 9.17) is 9.47 Å². The smallest absolute Gasteiger partial charge is 0.320 e. The standard InChI is InChI=1S/C20H23N5O3/c1-13(14-5-3-2-4-6-14)22-20(26)23-18-11-17-16(12-21-18)19(25-24-17)28-15-7-9-27-10-8-15/h2-6,11-13,15H,7-10H2,1H3,(H,24,25)(H2,21,22,23,26)/t13-/m1/s1. The molecule has 1 aromatic carbocycles. The number of aromatic nitrogens is 3. The van der Waals surface area contributed by atoms with Crippen molar-refractivity contribution in [3.8, 4) is 5.88 Å². The molecule has 0 spiro atoms. The molecule has 0 saturated carbocycles. The lowest BCUT2D eigenvalue weighted by Crippen LogP contribution is -2.31. The van der Waals surface area contributed by atoms with Crippen LogP contribution in [-0.2, 0) is 4.74 Å². The Labute approximate surface area is 162 Å². The zero-order valence-electron chi connectivity index (χ0n) is 15.6. The van der Waals surface area contributed by atoms with Crippen molar-refractivity contribution in [1.82, 2.24) is 20.5 Å². The molecule has 1 saturated heterocycles. The van der Waals surface area contributed by atoms with Crippen LogP contribution in [-0.4, -0.2) is 40.5 Å². The third kappa shape index (κ3) is 4.23. The SMILES string of the molecule is C[C@@H](NC(=O)Nc1cc2[nH]nc(OC3CCOCC3)c2cn1)c1ccccc1. The number of benzene rings is 1. The predicted octanol–water partition coefficient (Wildman–Crippen LogP) is 3.40. The van der Waals surface area contributed by atoms with Gasteiger partial charge in [-0.05, 0) is 12.5 Å². The Balaban J connectivity index is 1.40. The molecule has 0 unspecified atom stereocenters. The van der Waals surface area contributed by atoms with Crippen LogP contribution in [0.4, 0.5) is 10.6 Å². The molecule has 3 heterocycles. The van der Waals surface area contributed by atoms with E-state index < -0.39 is 0 Å². The summed E-state index contributed by atoms with van der Waals surface area (Å²) in [4.78, 5) is 16.6. The van der Waals surface area contributed by atoms with Gasteiger partial charge < -0.3 is 14.8 Å². The molecular formula is C20H23N5O3. The molecule has 3 aromatic rings. The molecule has 0 aliphatic carbocycles. The maximum absolute atomic E-state index is 12.3. The van der Waals surface area contributed by atoms with Crippen molar-refractivity contribution < 1.29 is 14.3 Å². The van der Waals surface area contributed by atoms with E-state index >= 15 is 0 Å². The van der Waals surface area contributed by atoms with Gasteiger partial charge in [0.05, 0.1) is 30.2 Å². The summed E-state index contributed by atoms with van der Waals surface area (Å²) in [5.74, 6) is 0.967. The fraction of sp³-hybridized carbons (Fsp3) is 0.350. The van der Waals surface area contributed by atoms with Crippen LogP contribution < -0.4 is 15.4 Å². The zero-order chi connectivity index (χ0) is 19.3. The van der Waals surface area contributed by atoms with Gasteiger partial charge in [-0.3, -0.25) is 10.4 Å². The van der Waals surface area contributed by atoms with Crippen molar-refractivity contribution in [3.63, 3.8) is 0 Å². The second-order valence-electron chi connectivity index (χ2n) is 6.80. The molecule has 28 heavy (non-hydrogen) atoms. The number of hydrogen-bond donors (Lipinski definition) is 3. The summed E-state index contributed by atoms with van der Waals surface area (Å²) in [6.45, 7) is 3.34. The second kappa shape index (κ2) is 8.26. The minimum absolute atomic E-state index is 0.100. The lowest BCUT2D eigenvalue weighted by atomic mass is 10.1. The first-order valence-corrected chi connectivity index (χ1v) is 9.40. The van der Waals surface area contributed by atoms with Crippen LogP contribution in [0.3, 0.4) is 0 Å². The number of hydrogen-bond acceptors (Lipinski definition) is 5. The molecule has 0 bridgehead atoms. The van der Waals surface area contributed by atoms with Gasteiger partial charge in [-0.1, -0.05) is 30.3 Å². The molecule has 3 N–H and O–H groups in total. The lowest BCUT2D eigenvalue weighted by Gasteiger charge is -2.22. The van der Waals surface area contributed by atoms with Gasteiger partial charge in [-0.15, -0.1) is 5.10 Å².